The highest BCUT2D eigenvalue weighted by atomic mass is 16.6. The van der Waals surface area contributed by atoms with E-state index in [4.69, 9.17) is 4.74 Å². The quantitative estimate of drug-likeness (QED) is 0.332. The Bertz CT molecular complexity index is 1160. The molecule has 0 fully saturated rings. The lowest BCUT2D eigenvalue weighted by atomic mass is 9.99. The van der Waals surface area contributed by atoms with Gasteiger partial charge in [-0.1, -0.05) is 60.7 Å². The number of benzene rings is 3. The first kappa shape index (κ1) is 24.9. The topological polar surface area (TPSA) is 75.6 Å². The van der Waals surface area contributed by atoms with Crippen LogP contribution in [0.25, 0.3) is 17.2 Å². The second-order valence-corrected chi connectivity index (χ2v) is 9.06. The second-order valence-electron chi connectivity index (χ2n) is 9.06. The number of hydrogen-bond donors (Lipinski definition) is 2. The number of ether oxygens (including phenoxy) is 1. The van der Waals surface area contributed by atoms with E-state index in [0.29, 0.717) is 18.5 Å². The van der Waals surface area contributed by atoms with Crippen LogP contribution in [0.15, 0.2) is 78.9 Å². The van der Waals surface area contributed by atoms with Crippen LogP contribution in [0.3, 0.4) is 0 Å². The third-order valence-corrected chi connectivity index (χ3v) is 5.04. The third kappa shape index (κ3) is 7.71. The van der Waals surface area contributed by atoms with Gasteiger partial charge < -0.3 is 15.2 Å². The van der Waals surface area contributed by atoms with Crippen LogP contribution in [0, 0.1) is 0 Å². The summed E-state index contributed by atoms with van der Waals surface area (Å²) in [7, 11) is 0. The predicted molar refractivity (Wildman–Crippen MR) is 136 cm³/mol. The average Bonchev–Trinajstić information content (AvgIpc) is 2.81. The molecule has 0 aliphatic carbocycles. The van der Waals surface area contributed by atoms with Crippen molar-refractivity contribution in [3.8, 4) is 11.1 Å². The number of anilines is 1. The van der Waals surface area contributed by atoms with Gasteiger partial charge in [0.15, 0.2) is 0 Å². The van der Waals surface area contributed by atoms with Crippen LogP contribution in [-0.4, -0.2) is 22.6 Å². The molecular weight excluding hydrogens is 426 g/mol. The first-order chi connectivity index (χ1) is 16.2. The van der Waals surface area contributed by atoms with E-state index in [1.165, 1.54) is 6.08 Å². The van der Waals surface area contributed by atoms with Crippen molar-refractivity contribution in [2.45, 2.75) is 45.8 Å². The number of nitrogens with one attached hydrogen (secondary N) is 1. The van der Waals surface area contributed by atoms with Gasteiger partial charge in [-0.2, -0.15) is 0 Å². The number of esters is 1. The van der Waals surface area contributed by atoms with Crippen molar-refractivity contribution in [1.29, 1.82) is 0 Å². The summed E-state index contributed by atoms with van der Waals surface area (Å²) in [5.41, 5.74) is 4.42. The fourth-order valence-corrected chi connectivity index (χ4v) is 3.47. The van der Waals surface area contributed by atoms with E-state index in [0.717, 1.165) is 27.8 Å². The minimum Gasteiger partial charge on any atom is -0.457 e. The van der Waals surface area contributed by atoms with E-state index in [-0.39, 0.29) is 12.5 Å². The van der Waals surface area contributed by atoms with Gasteiger partial charge in [-0.15, -0.1) is 0 Å². The lowest BCUT2D eigenvalue weighted by molar-refractivity contribution is -0.148. The monoisotopic (exact) mass is 457 g/mol. The van der Waals surface area contributed by atoms with Crippen molar-refractivity contribution < 1.29 is 19.4 Å². The van der Waals surface area contributed by atoms with Crippen molar-refractivity contribution in [2.75, 3.05) is 5.32 Å². The maximum Gasteiger partial charge on any atom is 0.331 e. The van der Waals surface area contributed by atoms with Gasteiger partial charge in [0.05, 0.1) is 6.61 Å². The maximum absolute atomic E-state index is 12.8. The number of aliphatic hydroxyl groups is 1. The molecule has 0 aliphatic rings. The number of aliphatic hydroxyl groups excluding tert-OH is 1. The number of carbonyl (C=O) groups excluding carboxylic acids is 2. The van der Waals surface area contributed by atoms with Crippen LogP contribution in [-0.2, 0) is 27.4 Å². The summed E-state index contributed by atoms with van der Waals surface area (Å²) in [6.45, 7) is 5.38. The zero-order valence-electron chi connectivity index (χ0n) is 19.9. The molecule has 0 aliphatic heterocycles. The Balaban J connectivity index is 1.85. The summed E-state index contributed by atoms with van der Waals surface area (Å²) in [4.78, 5) is 24.9. The van der Waals surface area contributed by atoms with Crippen LogP contribution < -0.4 is 5.32 Å². The van der Waals surface area contributed by atoms with Crippen LogP contribution >= 0.6 is 0 Å². The van der Waals surface area contributed by atoms with Gasteiger partial charge in [0.1, 0.15) is 5.60 Å². The third-order valence-electron chi connectivity index (χ3n) is 5.04. The summed E-state index contributed by atoms with van der Waals surface area (Å²) in [6.07, 6.45) is 4.04. The standard InChI is InChI=1S/C29H31NO4/c1-29(2,3)34-28(33)17-14-22-12-15-25(24-11-7-10-23(18-24)20-31)26(19-22)30-27(32)16-13-21-8-5-4-6-9-21/h4-12,14-15,17-19,31H,13,16,20H2,1-3H3,(H,30,32)/b17-14+. The molecule has 0 spiro atoms. The van der Waals surface area contributed by atoms with Gasteiger partial charge >= 0.3 is 5.97 Å². The Morgan fingerprint density at radius 3 is 2.38 bits per heavy atom. The van der Waals surface area contributed by atoms with Gasteiger partial charge in [0.25, 0.3) is 0 Å². The molecule has 0 bridgehead atoms. The van der Waals surface area contributed by atoms with Crippen LogP contribution in [0.4, 0.5) is 5.69 Å². The van der Waals surface area contributed by atoms with Gasteiger partial charge in [0, 0.05) is 23.7 Å². The van der Waals surface area contributed by atoms with Crippen molar-refractivity contribution in [3.63, 3.8) is 0 Å². The highest BCUT2D eigenvalue weighted by molar-refractivity contribution is 5.96. The lowest BCUT2D eigenvalue weighted by Crippen LogP contribution is -2.22. The first-order valence-corrected chi connectivity index (χ1v) is 11.3. The van der Waals surface area contributed by atoms with E-state index in [9.17, 15) is 14.7 Å². The Kier molecular flexibility index (Phi) is 8.39. The highest BCUT2D eigenvalue weighted by Crippen LogP contribution is 2.30. The maximum atomic E-state index is 12.8. The SMILES string of the molecule is CC(C)(C)OC(=O)/C=C/c1ccc(-c2cccc(CO)c2)c(NC(=O)CCc2ccccc2)c1. The summed E-state index contributed by atoms with van der Waals surface area (Å²) in [5.74, 6) is -0.530. The van der Waals surface area contributed by atoms with Crippen LogP contribution in [0.2, 0.25) is 0 Å². The minimum absolute atomic E-state index is 0.0662. The molecule has 0 aromatic heterocycles. The predicted octanol–water partition coefficient (Wildman–Crippen LogP) is 5.77. The van der Waals surface area contributed by atoms with Crippen molar-refractivity contribution >= 4 is 23.6 Å². The van der Waals surface area contributed by atoms with Crippen molar-refractivity contribution in [2.24, 2.45) is 0 Å². The number of amides is 1. The zero-order valence-corrected chi connectivity index (χ0v) is 19.9. The Morgan fingerprint density at radius 2 is 1.68 bits per heavy atom. The summed E-state index contributed by atoms with van der Waals surface area (Å²) in [5, 5.41) is 12.6. The van der Waals surface area contributed by atoms with E-state index in [2.05, 4.69) is 5.32 Å². The number of carbonyl (C=O) groups is 2. The summed E-state index contributed by atoms with van der Waals surface area (Å²) in [6, 6.07) is 23.0. The molecule has 2 N–H and O–H groups in total. The molecule has 5 nitrogen and oxygen atoms in total. The Morgan fingerprint density at radius 1 is 0.941 bits per heavy atom. The number of rotatable bonds is 8. The molecule has 0 saturated carbocycles. The van der Waals surface area contributed by atoms with Gasteiger partial charge in [-0.05, 0) is 67.7 Å². The fraction of sp³-hybridized carbons (Fsp3) is 0.241. The molecule has 176 valence electrons. The molecule has 0 heterocycles. The second kappa shape index (κ2) is 11.4. The fourth-order valence-electron chi connectivity index (χ4n) is 3.47. The molecule has 0 radical (unpaired) electrons. The first-order valence-electron chi connectivity index (χ1n) is 11.3. The molecule has 3 aromatic rings. The smallest absolute Gasteiger partial charge is 0.331 e. The molecule has 5 heteroatoms. The normalized spacial score (nSPS) is 11.4. The lowest BCUT2D eigenvalue weighted by Gasteiger charge is -2.18. The molecule has 0 unspecified atom stereocenters. The van der Waals surface area contributed by atoms with Gasteiger partial charge in [-0.3, -0.25) is 4.79 Å². The molecule has 34 heavy (non-hydrogen) atoms. The van der Waals surface area contributed by atoms with E-state index >= 15 is 0 Å². The van der Waals surface area contributed by atoms with Crippen LogP contribution in [0.5, 0.6) is 0 Å². The number of aryl methyl sites for hydroxylation is 1. The van der Waals surface area contributed by atoms with Gasteiger partial charge in [0.2, 0.25) is 5.91 Å². The molecule has 3 aromatic carbocycles. The minimum atomic E-state index is -0.569. The van der Waals surface area contributed by atoms with E-state index in [1.807, 2.05) is 93.6 Å². The molecule has 0 saturated heterocycles. The van der Waals surface area contributed by atoms with Crippen LogP contribution in [0.1, 0.15) is 43.9 Å². The highest BCUT2D eigenvalue weighted by Gasteiger charge is 2.14. The summed E-state index contributed by atoms with van der Waals surface area (Å²) >= 11 is 0. The average molecular weight is 458 g/mol. The zero-order chi connectivity index (χ0) is 24.6. The van der Waals surface area contributed by atoms with Gasteiger partial charge in [-0.25, -0.2) is 4.79 Å². The largest absolute Gasteiger partial charge is 0.457 e. The summed E-state index contributed by atoms with van der Waals surface area (Å²) < 4.78 is 5.33. The molecular formula is C29H31NO4. The van der Waals surface area contributed by atoms with E-state index < -0.39 is 11.6 Å². The van der Waals surface area contributed by atoms with Crippen molar-refractivity contribution in [3.05, 3.63) is 95.6 Å². The van der Waals surface area contributed by atoms with Crippen molar-refractivity contribution in [1.82, 2.24) is 0 Å². The number of hydrogen-bond acceptors (Lipinski definition) is 4. The molecule has 3 rings (SSSR count). The Labute approximate surface area is 201 Å². The molecule has 0 atom stereocenters. The van der Waals surface area contributed by atoms with E-state index in [1.54, 1.807) is 6.08 Å². The Hall–Kier alpha value is -3.70. The molecule has 1 amide bonds.